The molecule has 0 aliphatic rings. The topological polar surface area (TPSA) is 24.9 Å². The average Bonchev–Trinajstić information content (AvgIpc) is 2.72. The minimum Gasteiger partial charge on any atom is -0.317 e. The molecule has 1 aromatic heterocycles. The molecule has 0 spiro atoms. The second kappa shape index (κ2) is 6.50. The highest BCUT2D eigenvalue weighted by atomic mass is 32.1. The monoisotopic (exact) mass is 254 g/mol. The van der Waals surface area contributed by atoms with E-state index in [9.17, 15) is 0 Å². The Balaban J connectivity index is 2.58. The van der Waals surface area contributed by atoms with Gasteiger partial charge in [0.2, 0.25) is 0 Å². The van der Waals surface area contributed by atoms with Crippen molar-refractivity contribution in [3.8, 4) is 0 Å². The molecule has 3 heteroatoms. The highest BCUT2D eigenvalue weighted by Crippen LogP contribution is 2.24. The van der Waals surface area contributed by atoms with Crippen LogP contribution in [0.2, 0.25) is 0 Å². The van der Waals surface area contributed by atoms with Crippen LogP contribution in [-0.4, -0.2) is 18.1 Å². The third-order valence-corrected chi connectivity index (χ3v) is 3.93. The molecule has 17 heavy (non-hydrogen) atoms. The summed E-state index contributed by atoms with van der Waals surface area (Å²) in [5.74, 6) is 0. The maximum atomic E-state index is 4.76. The minimum atomic E-state index is 0.174. The summed E-state index contributed by atoms with van der Waals surface area (Å²) in [5, 5.41) is 6.88. The van der Waals surface area contributed by atoms with Crippen molar-refractivity contribution in [2.45, 2.75) is 64.8 Å². The van der Waals surface area contributed by atoms with Crippen molar-refractivity contribution < 1.29 is 0 Å². The van der Waals surface area contributed by atoms with Gasteiger partial charge in [-0.25, -0.2) is 4.98 Å². The first kappa shape index (κ1) is 14.7. The van der Waals surface area contributed by atoms with Gasteiger partial charge in [0, 0.05) is 23.3 Å². The number of hydrogen-bond donors (Lipinski definition) is 1. The van der Waals surface area contributed by atoms with E-state index in [-0.39, 0.29) is 5.41 Å². The zero-order chi connectivity index (χ0) is 12.9. The van der Waals surface area contributed by atoms with E-state index in [2.05, 4.69) is 45.4 Å². The van der Waals surface area contributed by atoms with Crippen molar-refractivity contribution in [3.63, 3.8) is 0 Å². The van der Waals surface area contributed by atoms with Crippen LogP contribution in [0.15, 0.2) is 5.38 Å². The molecule has 1 atom stereocenters. The molecule has 0 aliphatic carbocycles. The van der Waals surface area contributed by atoms with Gasteiger partial charge in [-0.05, 0) is 13.5 Å². The molecular formula is C14H26N2S. The van der Waals surface area contributed by atoms with Gasteiger partial charge in [0.05, 0.1) is 10.7 Å². The number of rotatable bonds is 6. The van der Waals surface area contributed by atoms with Crippen molar-refractivity contribution in [2.75, 3.05) is 7.05 Å². The van der Waals surface area contributed by atoms with E-state index in [4.69, 9.17) is 4.98 Å². The largest absolute Gasteiger partial charge is 0.317 e. The summed E-state index contributed by atoms with van der Waals surface area (Å²) >= 11 is 1.80. The maximum absolute atomic E-state index is 4.76. The molecule has 98 valence electrons. The predicted molar refractivity (Wildman–Crippen MR) is 76.9 cm³/mol. The van der Waals surface area contributed by atoms with Crippen molar-refractivity contribution in [1.82, 2.24) is 10.3 Å². The average molecular weight is 254 g/mol. The first-order chi connectivity index (χ1) is 7.97. The van der Waals surface area contributed by atoms with Gasteiger partial charge >= 0.3 is 0 Å². The van der Waals surface area contributed by atoms with Gasteiger partial charge in [0.1, 0.15) is 0 Å². The Kier molecular flexibility index (Phi) is 5.60. The Morgan fingerprint density at radius 2 is 2.12 bits per heavy atom. The summed E-state index contributed by atoms with van der Waals surface area (Å²) in [7, 11) is 2.05. The van der Waals surface area contributed by atoms with E-state index < -0.39 is 0 Å². The van der Waals surface area contributed by atoms with E-state index in [1.165, 1.54) is 30.0 Å². The lowest BCUT2D eigenvalue weighted by Gasteiger charge is -2.15. The lowest BCUT2D eigenvalue weighted by molar-refractivity contribution is 0.495. The number of likely N-dealkylation sites (N-methyl/N-ethyl adjacent to an activating group) is 1. The van der Waals surface area contributed by atoms with Crippen LogP contribution >= 0.6 is 11.3 Å². The highest BCUT2D eigenvalue weighted by Gasteiger charge is 2.18. The summed E-state index contributed by atoms with van der Waals surface area (Å²) in [6.45, 7) is 8.91. The van der Waals surface area contributed by atoms with Gasteiger partial charge in [-0.2, -0.15) is 0 Å². The number of hydrogen-bond acceptors (Lipinski definition) is 3. The summed E-state index contributed by atoms with van der Waals surface area (Å²) in [6.07, 6.45) is 4.88. The normalized spacial score (nSPS) is 13.9. The third kappa shape index (κ3) is 4.76. The van der Waals surface area contributed by atoms with Crippen LogP contribution in [0.5, 0.6) is 0 Å². The smallest absolute Gasteiger partial charge is 0.0944 e. The van der Waals surface area contributed by atoms with Gasteiger partial charge in [-0.15, -0.1) is 11.3 Å². The summed E-state index contributed by atoms with van der Waals surface area (Å²) in [5.41, 5.74) is 1.40. The Morgan fingerprint density at radius 3 is 2.59 bits per heavy atom. The van der Waals surface area contributed by atoms with Crippen LogP contribution in [0.1, 0.15) is 57.7 Å². The molecule has 1 heterocycles. The van der Waals surface area contributed by atoms with Crippen molar-refractivity contribution in [1.29, 1.82) is 0 Å². The Hall–Kier alpha value is -0.410. The molecule has 0 radical (unpaired) electrons. The summed E-state index contributed by atoms with van der Waals surface area (Å²) in [4.78, 5) is 4.76. The van der Waals surface area contributed by atoms with Crippen LogP contribution in [0.25, 0.3) is 0 Å². The molecule has 0 fully saturated rings. The lowest BCUT2D eigenvalue weighted by atomic mass is 9.93. The molecule has 0 aliphatic heterocycles. The molecule has 1 aromatic rings. The van der Waals surface area contributed by atoms with E-state index in [1.807, 2.05) is 0 Å². The molecule has 0 bridgehead atoms. The second-order valence-electron chi connectivity index (χ2n) is 5.71. The number of thiazole rings is 1. The van der Waals surface area contributed by atoms with Gasteiger partial charge in [-0.3, -0.25) is 0 Å². The van der Waals surface area contributed by atoms with E-state index in [0.29, 0.717) is 6.04 Å². The van der Waals surface area contributed by atoms with Crippen molar-refractivity contribution >= 4 is 11.3 Å². The maximum Gasteiger partial charge on any atom is 0.0944 e. The first-order valence-corrected chi connectivity index (χ1v) is 7.47. The van der Waals surface area contributed by atoms with Crippen LogP contribution < -0.4 is 5.32 Å². The first-order valence-electron chi connectivity index (χ1n) is 6.59. The fourth-order valence-corrected chi connectivity index (χ4v) is 2.86. The molecule has 1 rings (SSSR count). The quantitative estimate of drug-likeness (QED) is 0.836. The standard InChI is InChI=1S/C14H26N2S/c1-6-7-8-11(15-5)9-13-16-12(10-17-13)14(2,3)4/h10-11,15H,6-9H2,1-5H3. The highest BCUT2D eigenvalue weighted by molar-refractivity contribution is 7.09. The zero-order valence-electron chi connectivity index (χ0n) is 11.8. The fraction of sp³-hybridized carbons (Fsp3) is 0.786. The van der Waals surface area contributed by atoms with Crippen molar-refractivity contribution in [2.24, 2.45) is 0 Å². The lowest BCUT2D eigenvalue weighted by Crippen LogP contribution is -2.27. The fourth-order valence-electron chi connectivity index (χ4n) is 1.76. The van der Waals surface area contributed by atoms with Gasteiger partial charge < -0.3 is 5.32 Å². The molecule has 1 unspecified atom stereocenters. The van der Waals surface area contributed by atoms with E-state index >= 15 is 0 Å². The molecule has 0 saturated heterocycles. The summed E-state index contributed by atoms with van der Waals surface area (Å²) < 4.78 is 0. The van der Waals surface area contributed by atoms with E-state index in [0.717, 1.165) is 6.42 Å². The van der Waals surface area contributed by atoms with Gasteiger partial charge in [0.25, 0.3) is 0 Å². The summed E-state index contributed by atoms with van der Waals surface area (Å²) in [6, 6.07) is 0.578. The van der Waals surface area contributed by atoms with Crippen molar-refractivity contribution in [3.05, 3.63) is 16.1 Å². The number of nitrogens with one attached hydrogen (secondary N) is 1. The third-order valence-electron chi connectivity index (χ3n) is 3.06. The molecule has 0 saturated carbocycles. The molecule has 0 aromatic carbocycles. The van der Waals surface area contributed by atoms with Gasteiger partial charge in [0.15, 0.2) is 0 Å². The number of aromatic nitrogens is 1. The van der Waals surface area contributed by atoms with E-state index in [1.54, 1.807) is 11.3 Å². The van der Waals surface area contributed by atoms with Crippen LogP contribution in [0.3, 0.4) is 0 Å². The van der Waals surface area contributed by atoms with Crippen LogP contribution in [0.4, 0.5) is 0 Å². The SMILES string of the molecule is CCCCC(Cc1nc(C(C)(C)C)cs1)NC. The Morgan fingerprint density at radius 1 is 1.41 bits per heavy atom. The Labute approximate surface area is 110 Å². The molecule has 1 N–H and O–H groups in total. The molecular weight excluding hydrogens is 228 g/mol. The predicted octanol–water partition coefficient (Wildman–Crippen LogP) is 3.76. The number of nitrogens with zero attached hydrogens (tertiary/aromatic N) is 1. The second-order valence-corrected chi connectivity index (χ2v) is 6.65. The van der Waals surface area contributed by atoms with Crippen LogP contribution in [0, 0.1) is 0 Å². The Bertz CT molecular complexity index is 325. The zero-order valence-corrected chi connectivity index (χ0v) is 12.7. The van der Waals surface area contributed by atoms with Crippen LogP contribution in [-0.2, 0) is 11.8 Å². The van der Waals surface area contributed by atoms with Gasteiger partial charge in [-0.1, -0.05) is 40.5 Å². The minimum absolute atomic E-state index is 0.174. The molecule has 2 nitrogen and oxygen atoms in total. The molecule has 0 amide bonds. The number of unbranched alkanes of at least 4 members (excludes halogenated alkanes) is 1.